The van der Waals surface area contributed by atoms with Crippen LogP contribution in [0.25, 0.3) is 16.7 Å². The SMILES string of the molecule is CN/C=C(\C=N)c1cc(Cl)c(C(=O)N2Cc3cccc(-c4cc(N5CCOCC5)c(C(=O)O)cc4F)c3NC2=O)c(Cl)c1. The van der Waals surface area contributed by atoms with Gasteiger partial charge in [-0.3, -0.25) is 9.69 Å². The van der Waals surface area contributed by atoms with Gasteiger partial charge in [-0.05, 0) is 35.4 Å². The van der Waals surface area contributed by atoms with Gasteiger partial charge in [-0.25, -0.2) is 14.0 Å². The molecule has 1 fully saturated rings. The minimum absolute atomic E-state index is 0.0000610. The molecule has 13 heteroatoms. The third-order valence-electron chi connectivity index (χ3n) is 7.20. The number of ether oxygens (including phenoxy) is 1. The Hall–Kier alpha value is -4.45. The predicted octanol–water partition coefficient (Wildman–Crippen LogP) is 5.73. The monoisotopic (exact) mass is 625 g/mol. The lowest BCUT2D eigenvalue weighted by atomic mass is 9.95. The lowest BCUT2D eigenvalue weighted by molar-refractivity contribution is 0.0694. The maximum Gasteiger partial charge on any atom is 0.337 e. The molecule has 4 N–H and O–H groups in total. The molecule has 3 aromatic rings. The number of anilines is 2. The van der Waals surface area contributed by atoms with Gasteiger partial charge in [-0.1, -0.05) is 41.4 Å². The topological polar surface area (TPSA) is 135 Å². The first-order valence-corrected chi connectivity index (χ1v) is 13.9. The van der Waals surface area contributed by atoms with Crippen LogP contribution in [0.4, 0.5) is 20.6 Å². The molecule has 0 aliphatic carbocycles. The number of halogens is 3. The fourth-order valence-electron chi connectivity index (χ4n) is 5.13. The molecule has 0 bridgehead atoms. The maximum atomic E-state index is 15.5. The van der Waals surface area contributed by atoms with Crippen LogP contribution >= 0.6 is 23.2 Å². The third kappa shape index (κ3) is 5.79. The number of nitrogens with one attached hydrogen (secondary N) is 3. The third-order valence-corrected chi connectivity index (χ3v) is 7.80. The van der Waals surface area contributed by atoms with E-state index < -0.39 is 23.7 Å². The number of urea groups is 1. The Morgan fingerprint density at radius 1 is 1.12 bits per heavy atom. The smallest absolute Gasteiger partial charge is 0.337 e. The van der Waals surface area contributed by atoms with Crippen LogP contribution in [-0.4, -0.2) is 67.5 Å². The quantitative estimate of drug-likeness (QED) is 0.246. The number of imide groups is 1. The number of carbonyl (C=O) groups is 3. The lowest BCUT2D eigenvalue weighted by Crippen LogP contribution is -2.43. The van der Waals surface area contributed by atoms with Crippen LogP contribution in [0.15, 0.2) is 48.7 Å². The summed E-state index contributed by atoms with van der Waals surface area (Å²) in [6.07, 6.45) is 2.68. The molecule has 222 valence electrons. The maximum absolute atomic E-state index is 15.5. The van der Waals surface area contributed by atoms with Crippen molar-refractivity contribution in [2.75, 3.05) is 43.6 Å². The number of allylic oxidation sites excluding steroid dienone is 1. The van der Waals surface area contributed by atoms with E-state index in [-0.39, 0.29) is 33.3 Å². The van der Waals surface area contributed by atoms with Crippen molar-refractivity contribution in [3.8, 4) is 11.1 Å². The van der Waals surface area contributed by atoms with E-state index in [1.54, 1.807) is 31.4 Å². The summed E-state index contributed by atoms with van der Waals surface area (Å²) < 4.78 is 20.8. The number of amides is 3. The number of fused-ring (bicyclic) bond motifs is 1. The average molecular weight is 626 g/mol. The fraction of sp³-hybridized carbons (Fsp3) is 0.200. The molecule has 0 unspecified atom stereocenters. The molecule has 0 radical (unpaired) electrons. The fourth-order valence-corrected chi connectivity index (χ4v) is 5.78. The average Bonchev–Trinajstić information content (AvgIpc) is 2.99. The number of morpholine rings is 1. The van der Waals surface area contributed by atoms with Crippen molar-refractivity contribution in [1.82, 2.24) is 10.2 Å². The number of hydrogen-bond acceptors (Lipinski definition) is 7. The van der Waals surface area contributed by atoms with Gasteiger partial charge >= 0.3 is 12.0 Å². The number of rotatable bonds is 7. The van der Waals surface area contributed by atoms with Crippen molar-refractivity contribution in [2.24, 2.45) is 0 Å². The highest BCUT2D eigenvalue weighted by Crippen LogP contribution is 2.40. The molecular formula is C30H26Cl2FN5O5. The van der Waals surface area contributed by atoms with Crippen LogP contribution in [0.2, 0.25) is 10.0 Å². The zero-order valence-electron chi connectivity index (χ0n) is 22.8. The molecule has 3 amide bonds. The molecule has 0 spiro atoms. The summed E-state index contributed by atoms with van der Waals surface area (Å²) in [4.78, 5) is 41.6. The Morgan fingerprint density at radius 2 is 1.81 bits per heavy atom. The largest absolute Gasteiger partial charge is 0.478 e. The zero-order valence-corrected chi connectivity index (χ0v) is 24.4. The van der Waals surface area contributed by atoms with Crippen molar-refractivity contribution >= 4 is 64.3 Å². The Bertz CT molecular complexity index is 1670. The molecule has 43 heavy (non-hydrogen) atoms. The second-order valence-electron chi connectivity index (χ2n) is 9.76. The minimum Gasteiger partial charge on any atom is -0.478 e. The standard InChI is InChI=1S/C30H26Cl2FN5O5/c1-35-14-18(13-34)17-9-22(31)26(23(32)10-17)28(39)38-15-16-3-2-4-19(27(16)36-30(38)42)20-12-25(37-5-7-43-8-6-37)21(29(40)41)11-24(20)33/h2-4,9-14,34-35H,5-8,15H2,1H3,(H,36,42)(H,40,41)/b18-14+,34-13?. The van der Waals surface area contributed by atoms with E-state index >= 15 is 4.39 Å². The number of para-hydroxylation sites is 1. The highest BCUT2D eigenvalue weighted by Gasteiger charge is 2.33. The summed E-state index contributed by atoms with van der Waals surface area (Å²) >= 11 is 12.9. The van der Waals surface area contributed by atoms with E-state index in [4.69, 9.17) is 33.3 Å². The van der Waals surface area contributed by atoms with Gasteiger partial charge in [-0.15, -0.1) is 0 Å². The minimum atomic E-state index is -1.26. The van der Waals surface area contributed by atoms with Crippen LogP contribution in [0.5, 0.6) is 0 Å². The molecule has 2 aliphatic rings. The molecule has 10 nitrogen and oxygen atoms in total. The Morgan fingerprint density at radius 3 is 2.44 bits per heavy atom. The van der Waals surface area contributed by atoms with Crippen molar-refractivity contribution in [1.29, 1.82) is 5.41 Å². The van der Waals surface area contributed by atoms with Crippen LogP contribution < -0.4 is 15.5 Å². The van der Waals surface area contributed by atoms with E-state index in [9.17, 15) is 19.5 Å². The number of benzene rings is 3. The molecule has 0 atom stereocenters. The molecule has 3 aromatic carbocycles. The summed E-state index contributed by atoms with van der Waals surface area (Å²) in [5, 5.41) is 22.9. The van der Waals surface area contributed by atoms with Crippen LogP contribution in [-0.2, 0) is 11.3 Å². The van der Waals surface area contributed by atoms with Crippen LogP contribution in [0, 0.1) is 11.2 Å². The van der Waals surface area contributed by atoms with Gasteiger partial charge in [0.25, 0.3) is 5.91 Å². The molecule has 0 saturated carbocycles. The molecule has 2 aliphatic heterocycles. The summed E-state index contributed by atoms with van der Waals surface area (Å²) in [6.45, 7) is 1.53. The van der Waals surface area contributed by atoms with Gasteiger partial charge in [0.15, 0.2) is 0 Å². The van der Waals surface area contributed by atoms with Gasteiger partial charge in [0.2, 0.25) is 0 Å². The zero-order chi connectivity index (χ0) is 30.8. The first-order chi connectivity index (χ1) is 20.6. The highest BCUT2D eigenvalue weighted by molar-refractivity contribution is 6.40. The van der Waals surface area contributed by atoms with E-state index in [2.05, 4.69) is 10.6 Å². The van der Waals surface area contributed by atoms with Gasteiger partial charge in [0.1, 0.15) is 5.82 Å². The Balaban J connectivity index is 1.51. The van der Waals surface area contributed by atoms with Gasteiger partial charge in [0, 0.05) is 49.3 Å². The number of carbonyl (C=O) groups excluding carboxylic acids is 2. The van der Waals surface area contributed by atoms with E-state index in [0.717, 1.165) is 17.2 Å². The number of carboxylic acid groups (broad SMARTS) is 1. The molecule has 1 saturated heterocycles. The van der Waals surface area contributed by atoms with Gasteiger partial charge in [0.05, 0.1) is 52.3 Å². The lowest BCUT2D eigenvalue weighted by Gasteiger charge is -2.31. The van der Waals surface area contributed by atoms with E-state index in [0.29, 0.717) is 59.9 Å². The van der Waals surface area contributed by atoms with Crippen molar-refractivity contribution in [3.63, 3.8) is 0 Å². The van der Waals surface area contributed by atoms with E-state index in [1.165, 1.54) is 18.2 Å². The Labute approximate surface area is 256 Å². The predicted molar refractivity (Wildman–Crippen MR) is 163 cm³/mol. The second-order valence-corrected chi connectivity index (χ2v) is 10.6. The Kier molecular flexibility index (Phi) is 8.67. The molecular weight excluding hydrogens is 600 g/mol. The normalized spacial score (nSPS) is 15.1. The summed E-state index contributed by atoms with van der Waals surface area (Å²) in [5.41, 5.74) is 2.30. The molecule has 2 heterocycles. The van der Waals surface area contributed by atoms with Crippen LogP contribution in [0.1, 0.15) is 31.8 Å². The highest BCUT2D eigenvalue weighted by atomic mass is 35.5. The van der Waals surface area contributed by atoms with Crippen molar-refractivity contribution < 1.29 is 28.6 Å². The van der Waals surface area contributed by atoms with Gasteiger partial charge < -0.3 is 30.8 Å². The first kappa shape index (κ1) is 30.0. The number of nitrogens with zero attached hydrogens (tertiary/aromatic N) is 2. The summed E-state index contributed by atoms with van der Waals surface area (Å²) in [6, 6.07) is 9.61. The molecule has 0 aromatic heterocycles. The summed E-state index contributed by atoms with van der Waals surface area (Å²) in [5.74, 6) is -2.77. The number of hydrogen-bond donors (Lipinski definition) is 4. The van der Waals surface area contributed by atoms with E-state index in [1.807, 2.05) is 4.90 Å². The van der Waals surface area contributed by atoms with Crippen molar-refractivity contribution in [3.05, 3.63) is 86.8 Å². The first-order valence-electron chi connectivity index (χ1n) is 13.2. The van der Waals surface area contributed by atoms with Crippen molar-refractivity contribution in [2.45, 2.75) is 6.54 Å². The number of carboxylic acids is 1. The summed E-state index contributed by atoms with van der Waals surface area (Å²) in [7, 11) is 1.67. The second kappa shape index (κ2) is 12.4. The number of aromatic carboxylic acids is 1. The van der Waals surface area contributed by atoms with Gasteiger partial charge in [-0.2, -0.15) is 0 Å². The molecule has 5 rings (SSSR count). The van der Waals surface area contributed by atoms with Crippen LogP contribution in [0.3, 0.4) is 0 Å².